The Kier molecular flexibility index (Phi) is 3.84. The first kappa shape index (κ1) is 16.8. The zero-order chi connectivity index (χ0) is 19.1. The average molecular weight is 387 g/mol. The third-order valence-corrected chi connectivity index (χ3v) is 5.86. The highest BCUT2D eigenvalue weighted by Crippen LogP contribution is 2.47. The summed E-state index contributed by atoms with van der Waals surface area (Å²) in [4.78, 5) is 5.38. The monoisotopic (exact) mass is 387 g/mol. The molecule has 0 unspecified atom stereocenters. The van der Waals surface area contributed by atoms with Crippen molar-refractivity contribution in [3.63, 3.8) is 0 Å². The molecule has 1 saturated carbocycles. The molecule has 0 radical (unpaired) electrons. The lowest BCUT2D eigenvalue weighted by atomic mass is 9.99. The fraction of sp³-hybridized carbons (Fsp3) is 0.200. The van der Waals surface area contributed by atoms with Crippen LogP contribution < -0.4 is 4.72 Å². The van der Waals surface area contributed by atoms with E-state index in [0.717, 1.165) is 45.7 Å². The van der Waals surface area contributed by atoms with Crippen LogP contribution in [0.4, 0.5) is 5.69 Å². The van der Waals surface area contributed by atoms with Crippen molar-refractivity contribution in [2.24, 2.45) is 7.05 Å². The van der Waals surface area contributed by atoms with E-state index >= 15 is 0 Å². The molecule has 4 aromatic rings. The van der Waals surface area contributed by atoms with E-state index in [2.05, 4.69) is 26.0 Å². The van der Waals surface area contributed by atoms with Gasteiger partial charge in [-0.2, -0.15) is 15.5 Å². The van der Waals surface area contributed by atoms with Gasteiger partial charge in [0.1, 0.15) is 0 Å². The second-order valence-electron chi connectivity index (χ2n) is 6.93. The lowest BCUT2D eigenvalue weighted by Crippen LogP contribution is -2.05. The van der Waals surface area contributed by atoms with Gasteiger partial charge in [0.05, 0.1) is 40.0 Å². The van der Waals surface area contributed by atoms with E-state index in [1.165, 1.54) is 11.9 Å². The highest BCUT2D eigenvalue weighted by Gasteiger charge is 2.45. The molecule has 1 aliphatic rings. The van der Waals surface area contributed by atoms with Gasteiger partial charge in [0.2, 0.25) is 0 Å². The number of aromatic nitrogens is 5. The van der Waals surface area contributed by atoms with Gasteiger partial charge in [-0.25, -0.2) is 9.67 Å². The van der Waals surface area contributed by atoms with Crippen molar-refractivity contribution in [2.45, 2.75) is 23.2 Å². The van der Waals surface area contributed by atoms with E-state index in [1.807, 2.05) is 54.5 Å². The molecule has 0 atom stereocenters. The Morgan fingerprint density at radius 1 is 1.21 bits per heavy atom. The predicted octanol–water partition coefficient (Wildman–Crippen LogP) is 3.83. The standard InChI is InChI=1S/C20H17N7S/c1-26-19-14(10-23-26)3-2-4-17(19)25-28-16-11-24-27(12-16)18-9-15(5-8-22-18)20(13-21)6-7-20/h2-5,8-12,25H,6-7H2,1H3. The van der Waals surface area contributed by atoms with Crippen molar-refractivity contribution in [2.75, 3.05) is 4.72 Å². The number of hydrogen-bond acceptors (Lipinski definition) is 6. The number of rotatable bonds is 5. The molecule has 1 N–H and O–H groups in total. The normalized spacial score (nSPS) is 14.7. The SMILES string of the molecule is Cn1ncc2cccc(NSc3cnn(-c4cc(C5(C#N)CC5)ccn4)c3)c21. The van der Waals surface area contributed by atoms with Crippen molar-refractivity contribution in [3.05, 3.63) is 60.7 Å². The second kappa shape index (κ2) is 6.39. The number of fused-ring (bicyclic) bond motifs is 1. The lowest BCUT2D eigenvalue weighted by molar-refractivity contribution is 0.798. The summed E-state index contributed by atoms with van der Waals surface area (Å²) in [5.41, 5.74) is 2.75. The summed E-state index contributed by atoms with van der Waals surface area (Å²) in [6, 6.07) is 12.4. The molecule has 8 heteroatoms. The molecule has 0 bridgehead atoms. The molecule has 1 aromatic carbocycles. The van der Waals surface area contributed by atoms with Crippen LogP contribution in [0.5, 0.6) is 0 Å². The van der Waals surface area contributed by atoms with Gasteiger partial charge in [-0.3, -0.25) is 4.68 Å². The second-order valence-corrected chi connectivity index (χ2v) is 7.81. The van der Waals surface area contributed by atoms with Gasteiger partial charge in [-0.05, 0) is 48.6 Å². The Balaban J connectivity index is 1.36. The van der Waals surface area contributed by atoms with Crippen LogP contribution in [-0.2, 0) is 12.5 Å². The number of hydrogen-bond donors (Lipinski definition) is 1. The summed E-state index contributed by atoms with van der Waals surface area (Å²) in [6.07, 6.45) is 9.16. The Morgan fingerprint density at radius 2 is 2.11 bits per heavy atom. The van der Waals surface area contributed by atoms with Crippen molar-refractivity contribution in [3.8, 4) is 11.9 Å². The largest absolute Gasteiger partial charge is 0.324 e. The number of nitrogens with zero attached hydrogens (tertiary/aromatic N) is 6. The molecule has 28 heavy (non-hydrogen) atoms. The van der Waals surface area contributed by atoms with Gasteiger partial charge in [0.15, 0.2) is 5.82 Å². The van der Waals surface area contributed by atoms with Crippen molar-refractivity contribution in [1.29, 1.82) is 5.26 Å². The first-order valence-electron chi connectivity index (χ1n) is 8.95. The molecule has 7 nitrogen and oxygen atoms in total. The molecular formula is C20H17N7S. The average Bonchev–Trinajstić information content (AvgIpc) is 3.24. The summed E-state index contributed by atoms with van der Waals surface area (Å²) in [7, 11) is 1.93. The molecule has 5 rings (SSSR count). The molecule has 0 aliphatic heterocycles. The lowest BCUT2D eigenvalue weighted by Gasteiger charge is -2.08. The van der Waals surface area contributed by atoms with Gasteiger partial charge in [-0.1, -0.05) is 12.1 Å². The van der Waals surface area contributed by atoms with Crippen molar-refractivity contribution in [1.82, 2.24) is 24.5 Å². The molecule has 138 valence electrons. The topological polar surface area (TPSA) is 84.4 Å². The number of benzene rings is 1. The van der Waals surface area contributed by atoms with Gasteiger partial charge in [-0.15, -0.1) is 0 Å². The summed E-state index contributed by atoms with van der Waals surface area (Å²) >= 11 is 1.49. The molecule has 3 aromatic heterocycles. The Morgan fingerprint density at radius 3 is 2.93 bits per heavy atom. The molecular weight excluding hydrogens is 370 g/mol. The summed E-state index contributed by atoms with van der Waals surface area (Å²) in [5, 5.41) is 19.3. The Bertz CT molecular complexity index is 1210. The van der Waals surface area contributed by atoms with Crippen LogP contribution in [0, 0.1) is 11.3 Å². The van der Waals surface area contributed by atoms with E-state index in [0.29, 0.717) is 0 Å². The van der Waals surface area contributed by atoms with Gasteiger partial charge >= 0.3 is 0 Å². The maximum Gasteiger partial charge on any atom is 0.153 e. The maximum atomic E-state index is 9.42. The van der Waals surface area contributed by atoms with Crippen LogP contribution in [0.3, 0.4) is 0 Å². The third-order valence-electron chi connectivity index (χ3n) is 5.10. The van der Waals surface area contributed by atoms with Crippen LogP contribution in [0.1, 0.15) is 18.4 Å². The zero-order valence-electron chi connectivity index (χ0n) is 15.2. The predicted molar refractivity (Wildman–Crippen MR) is 108 cm³/mol. The van der Waals surface area contributed by atoms with Gasteiger partial charge in [0.25, 0.3) is 0 Å². The first-order chi connectivity index (χ1) is 13.7. The highest BCUT2D eigenvalue weighted by atomic mass is 32.2. The minimum Gasteiger partial charge on any atom is -0.324 e. The molecule has 0 saturated heterocycles. The first-order valence-corrected chi connectivity index (χ1v) is 9.77. The maximum absolute atomic E-state index is 9.42. The Hall–Kier alpha value is -3.31. The molecule has 3 heterocycles. The minimum atomic E-state index is -0.328. The molecule has 0 spiro atoms. The van der Waals surface area contributed by atoms with Crippen LogP contribution >= 0.6 is 11.9 Å². The minimum absolute atomic E-state index is 0.328. The fourth-order valence-electron chi connectivity index (χ4n) is 3.35. The number of anilines is 1. The number of nitrogens with one attached hydrogen (secondary N) is 1. The summed E-state index contributed by atoms with van der Waals surface area (Å²) in [6.45, 7) is 0. The molecule has 0 amide bonds. The van der Waals surface area contributed by atoms with Crippen LogP contribution in [0.2, 0.25) is 0 Å². The third kappa shape index (κ3) is 2.80. The summed E-state index contributed by atoms with van der Waals surface area (Å²) < 4.78 is 6.99. The van der Waals surface area contributed by atoms with Gasteiger partial charge in [0, 0.05) is 24.8 Å². The quantitative estimate of drug-likeness (QED) is 0.524. The van der Waals surface area contributed by atoms with E-state index < -0.39 is 0 Å². The van der Waals surface area contributed by atoms with E-state index in [9.17, 15) is 5.26 Å². The van der Waals surface area contributed by atoms with E-state index in [1.54, 1.807) is 17.1 Å². The number of nitriles is 1. The Labute approximate surface area is 166 Å². The van der Waals surface area contributed by atoms with Crippen LogP contribution in [-0.4, -0.2) is 24.5 Å². The summed E-state index contributed by atoms with van der Waals surface area (Å²) in [5.74, 6) is 0.722. The van der Waals surface area contributed by atoms with E-state index in [-0.39, 0.29) is 5.41 Å². The number of para-hydroxylation sites is 1. The number of pyridine rings is 1. The molecule has 1 fully saturated rings. The fourth-order valence-corrected chi connectivity index (χ4v) is 3.99. The van der Waals surface area contributed by atoms with Gasteiger partial charge < -0.3 is 4.72 Å². The van der Waals surface area contributed by atoms with Crippen LogP contribution in [0.15, 0.2) is 60.0 Å². The van der Waals surface area contributed by atoms with Crippen LogP contribution in [0.25, 0.3) is 16.7 Å². The smallest absolute Gasteiger partial charge is 0.153 e. The van der Waals surface area contributed by atoms with E-state index in [4.69, 9.17) is 0 Å². The molecule has 1 aliphatic carbocycles. The van der Waals surface area contributed by atoms with Crippen molar-refractivity contribution < 1.29 is 0 Å². The van der Waals surface area contributed by atoms with Crippen molar-refractivity contribution >= 4 is 28.5 Å². The highest BCUT2D eigenvalue weighted by molar-refractivity contribution is 8.00. The number of aryl methyl sites for hydroxylation is 1. The zero-order valence-corrected chi connectivity index (χ0v) is 16.0.